The number of benzene rings is 2. The Hall–Kier alpha value is -2.69. The summed E-state index contributed by atoms with van der Waals surface area (Å²) >= 11 is 0. The summed E-state index contributed by atoms with van der Waals surface area (Å²) in [7, 11) is 0. The highest BCUT2D eigenvalue weighted by molar-refractivity contribution is 5.75. The molecule has 2 N–H and O–H groups in total. The molecule has 2 amide bonds. The van der Waals surface area contributed by atoms with Crippen molar-refractivity contribution in [2.75, 3.05) is 13.2 Å². The molecule has 1 aliphatic heterocycles. The predicted molar refractivity (Wildman–Crippen MR) is 106 cm³/mol. The molecular weight excluding hydrogens is 340 g/mol. The predicted octanol–water partition coefficient (Wildman–Crippen LogP) is 4.52. The summed E-state index contributed by atoms with van der Waals surface area (Å²) in [6.45, 7) is 9.34. The Balaban J connectivity index is 1.71. The minimum Gasteiger partial charge on any atom is -0.486 e. The van der Waals surface area contributed by atoms with Crippen LogP contribution in [0.25, 0.3) is 0 Å². The molecule has 1 heterocycles. The van der Waals surface area contributed by atoms with Gasteiger partial charge in [-0.25, -0.2) is 4.79 Å². The van der Waals surface area contributed by atoms with E-state index in [1.165, 1.54) is 0 Å². The standard InChI is InChI=1S/C22H28N2O3/c1-14(2)21(17-9-10-19-20(13-17)27-12-11-26-19)24-22(25)23-16(4)18-8-6-5-7-15(18)3/h5-10,13-14,16,21H,11-12H2,1-4H3,(H2,23,24,25)/t16-,21+/m0/s1. The van der Waals surface area contributed by atoms with E-state index in [2.05, 4.69) is 37.5 Å². The number of hydrogen-bond donors (Lipinski definition) is 2. The smallest absolute Gasteiger partial charge is 0.315 e. The van der Waals surface area contributed by atoms with Crippen LogP contribution in [0.3, 0.4) is 0 Å². The Labute approximate surface area is 161 Å². The summed E-state index contributed by atoms with van der Waals surface area (Å²) in [5.41, 5.74) is 3.29. The molecule has 2 aromatic carbocycles. The van der Waals surface area contributed by atoms with Crippen molar-refractivity contribution in [3.05, 3.63) is 59.2 Å². The van der Waals surface area contributed by atoms with Gasteiger partial charge >= 0.3 is 6.03 Å². The van der Waals surface area contributed by atoms with Gasteiger partial charge in [0.05, 0.1) is 12.1 Å². The third-order valence-electron chi connectivity index (χ3n) is 4.88. The fourth-order valence-corrected chi connectivity index (χ4v) is 3.42. The lowest BCUT2D eigenvalue weighted by Crippen LogP contribution is -2.41. The molecule has 0 aliphatic carbocycles. The van der Waals surface area contributed by atoms with E-state index in [0.29, 0.717) is 13.2 Å². The zero-order valence-corrected chi connectivity index (χ0v) is 16.4. The van der Waals surface area contributed by atoms with Crippen molar-refractivity contribution < 1.29 is 14.3 Å². The monoisotopic (exact) mass is 368 g/mol. The SMILES string of the molecule is Cc1ccccc1[C@H](C)NC(=O)N[C@@H](c1ccc2c(c1)OCCO2)C(C)C. The van der Waals surface area contributed by atoms with Crippen molar-refractivity contribution in [1.29, 1.82) is 0 Å². The first kappa shape index (κ1) is 19.1. The Kier molecular flexibility index (Phi) is 5.89. The summed E-state index contributed by atoms with van der Waals surface area (Å²) in [6, 6.07) is 13.6. The highest BCUT2D eigenvalue weighted by atomic mass is 16.6. The van der Waals surface area contributed by atoms with E-state index >= 15 is 0 Å². The Bertz CT molecular complexity index is 804. The van der Waals surface area contributed by atoms with Crippen molar-refractivity contribution in [3.63, 3.8) is 0 Å². The first-order valence-corrected chi connectivity index (χ1v) is 9.48. The molecular formula is C22H28N2O3. The maximum Gasteiger partial charge on any atom is 0.315 e. The minimum absolute atomic E-state index is 0.0701. The average molecular weight is 368 g/mol. The van der Waals surface area contributed by atoms with Crippen LogP contribution in [0, 0.1) is 12.8 Å². The van der Waals surface area contributed by atoms with Gasteiger partial charge < -0.3 is 20.1 Å². The van der Waals surface area contributed by atoms with Gasteiger partial charge in [0, 0.05) is 0 Å². The zero-order chi connectivity index (χ0) is 19.4. The fraction of sp³-hybridized carbons (Fsp3) is 0.409. The lowest BCUT2D eigenvalue weighted by molar-refractivity contribution is 0.171. The van der Waals surface area contributed by atoms with Crippen molar-refractivity contribution in [1.82, 2.24) is 10.6 Å². The molecule has 0 saturated heterocycles. The van der Waals surface area contributed by atoms with Crippen molar-refractivity contribution >= 4 is 6.03 Å². The number of aryl methyl sites for hydroxylation is 1. The summed E-state index contributed by atoms with van der Waals surface area (Å²) in [6.07, 6.45) is 0. The number of rotatable bonds is 5. The molecule has 0 aromatic heterocycles. The number of amides is 2. The van der Waals surface area contributed by atoms with Gasteiger partial charge in [0.2, 0.25) is 0 Å². The Morgan fingerprint density at radius 2 is 1.67 bits per heavy atom. The second-order valence-corrected chi connectivity index (χ2v) is 7.32. The topological polar surface area (TPSA) is 59.6 Å². The highest BCUT2D eigenvalue weighted by Crippen LogP contribution is 2.34. The van der Waals surface area contributed by atoms with Gasteiger partial charge in [0.1, 0.15) is 13.2 Å². The lowest BCUT2D eigenvalue weighted by Gasteiger charge is -2.26. The molecule has 0 unspecified atom stereocenters. The summed E-state index contributed by atoms with van der Waals surface area (Å²) < 4.78 is 11.3. The third-order valence-corrected chi connectivity index (χ3v) is 4.88. The third kappa shape index (κ3) is 4.54. The maximum atomic E-state index is 12.6. The maximum absolute atomic E-state index is 12.6. The highest BCUT2D eigenvalue weighted by Gasteiger charge is 2.22. The zero-order valence-electron chi connectivity index (χ0n) is 16.4. The number of fused-ring (bicyclic) bond motifs is 1. The van der Waals surface area contributed by atoms with Crippen molar-refractivity contribution in [2.24, 2.45) is 5.92 Å². The molecule has 0 radical (unpaired) electrons. The van der Waals surface area contributed by atoms with E-state index in [0.717, 1.165) is 28.2 Å². The number of carbonyl (C=O) groups is 1. The first-order chi connectivity index (χ1) is 13.0. The van der Waals surface area contributed by atoms with Crippen LogP contribution < -0.4 is 20.1 Å². The second kappa shape index (κ2) is 8.33. The molecule has 0 saturated carbocycles. The van der Waals surface area contributed by atoms with Crippen LogP contribution >= 0.6 is 0 Å². The average Bonchev–Trinajstić information content (AvgIpc) is 2.65. The molecule has 144 valence electrons. The van der Waals surface area contributed by atoms with E-state index in [4.69, 9.17) is 9.47 Å². The largest absolute Gasteiger partial charge is 0.486 e. The first-order valence-electron chi connectivity index (χ1n) is 9.48. The molecule has 2 aromatic rings. The molecule has 1 aliphatic rings. The molecule has 5 heteroatoms. The van der Waals surface area contributed by atoms with Crippen LogP contribution in [0.2, 0.25) is 0 Å². The van der Waals surface area contributed by atoms with Gasteiger partial charge in [0.25, 0.3) is 0 Å². The van der Waals surface area contributed by atoms with Crippen LogP contribution in [-0.4, -0.2) is 19.2 Å². The quantitative estimate of drug-likeness (QED) is 0.815. The van der Waals surface area contributed by atoms with Gasteiger partial charge in [-0.3, -0.25) is 0 Å². The van der Waals surface area contributed by atoms with Crippen molar-refractivity contribution in [3.8, 4) is 11.5 Å². The minimum atomic E-state index is -0.181. The Morgan fingerprint density at radius 3 is 2.37 bits per heavy atom. The number of hydrogen-bond acceptors (Lipinski definition) is 3. The number of nitrogens with one attached hydrogen (secondary N) is 2. The lowest BCUT2D eigenvalue weighted by atomic mass is 9.95. The summed E-state index contributed by atoms with van der Waals surface area (Å²) in [5, 5.41) is 6.16. The molecule has 3 rings (SSSR count). The molecule has 0 fully saturated rings. The van der Waals surface area contributed by atoms with Crippen LogP contribution in [0.15, 0.2) is 42.5 Å². The fourth-order valence-electron chi connectivity index (χ4n) is 3.42. The molecule has 5 nitrogen and oxygen atoms in total. The van der Waals surface area contributed by atoms with Crippen LogP contribution in [0.4, 0.5) is 4.79 Å². The van der Waals surface area contributed by atoms with Crippen LogP contribution in [0.5, 0.6) is 11.5 Å². The van der Waals surface area contributed by atoms with E-state index in [1.807, 2.05) is 43.3 Å². The van der Waals surface area contributed by atoms with Crippen molar-refractivity contribution in [2.45, 2.75) is 39.8 Å². The summed E-state index contributed by atoms with van der Waals surface area (Å²) in [4.78, 5) is 12.6. The van der Waals surface area contributed by atoms with Crippen LogP contribution in [-0.2, 0) is 0 Å². The number of carbonyl (C=O) groups excluding carboxylic acids is 1. The number of ether oxygens (including phenoxy) is 2. The second-order valence-electron chi connectivity index (χ2n) is 7.32. The van der Waals surface area contributed by atoms with Gasteiger partial charge in [-0.05, 0) is 48.6 Å². The molecule has 2 atom stereocenters. The van der Waals surface area contributed by atoms with E-state index in [9.17, 15) is 4.79 Å². The van der Waals surface area contributed by atoms with Gasteiger partial charge in [0.15, 0.2) is 11.5 Å². The summed E-state index contributed by atoms with van der Waals surface area (Å²) in [5.74, 6) is 1.72. The number of urea groups is 1. The molecule has 27 heavy (non-hydrogen) atoms. The van der Waals surface area contributed by atoms with Crippen LogP contribution in [0.1, 0.15) is 49.5 Å². The Morgan fingerprint density at radius 1 is 0.963 bits per heavy atom. The molecule has 0 spiro atoms. The van der Waals surface area contributed by atoms with Gasteiger partial charge in [-0.2, -0.15) is 0 Å². The van der Waals surface area contributed by atoms with E-state index in [1.54, 1.807) is 0 Å². The van der Waals surface area contributed by atoms with Gasteiger partial charge in [-0.15, -0.1) is 0 Å². The van der Waals surface area contributed by atoms with E-state index in [-0.39, 0.29) is 24.0 Å². The molecule has 0 bridgehead atoms. The normalized spacial score (nSPS) is 15.1. The van der Waals surface area contributed by atoms with E-state index < -0.39 is 0 Å². The van der Waals surface area contributed by atoms with Gasteiger partial charge in [-0.1, -0.05) is 44.2 Å².